The fourth-order valence-corrected chi connectivity index (χ4v) is 2.31. The average molecular weight is 313 g/mol. The molecule has 0 unspecified atom stereocenters. The monoisotopic (exact) mass is 313 g/mol. The van der Waals surface area contributed by atoms with E-state index in [1.165, 1.54) is 6.33 Å². The summed E-state index contributed by atoms with van der Waals surface area (Å²) in [5.74, 6) is 2.29. The van der Waals surface area contributed by atoms with E-state index >= 15 is 0 Å². The molecule has 23 heavy (non-hydrogen) atoms. The molecule has 120 valence electrons. The van der Waals surface area contributed by atoms with Crippen molar-refractivity contribution in [2.24, 2.45) is 5.10 Å². The number of hydrazone groups is 1. The Kier molecular flexibility index (Phi) is 5.00. The number of hydrogen-bond acceptors (Lipinski definition) is 7. The van der Waals surface area contributed by atoms with E-state index < -0.39 is 0 Å². The van der Waals surface area contributed by atoms with Gasteiger partial charge in [0.1, 0.15) is 17.9 Å². The molecular formula is C16H19N5O2. The van der Waals surface area contributed by atoms with Crippen LogP contribution in [0.5, 0.6) is 5.75 Å². The molecule has 0 spiro atoms. The van der Waals surface area contributed by atoms with Crippen LogP contribution in [0.2, 0.25) is 0 Å². The van der Waals surface area contributed by atoms with E-state index in [1.54, 1.807) is 13.3 Å². The van der Waals surface area contributed by atoms with E-state index in [4.69, 9.17) is 9.47 Å². The van der Waals surface area contributed by atoms with Gasteiger partial charge in [0.05, 0.1) is 26.5 Å². The van der Waals surface area contributed by atoms with E-state index in [0.29, 0.717) is 5.82 Å². The van der Waals surface area contributed by atoms with Gasteiger partial charge in [0.15, 0.2) is 5.82 Å². The molecule has 1 aliphatic rings. The van der Waals surface area contributed by atoms with Crippen molar-refractivity contribution in [1.29, 1.82) is 0 Å². The molecule has 0 atom stereocenters. The number of methoxy groups -OCH3 is 1. The predicted octanol–water partition coefficient (Wildman–Crippen LogP) is 1.77. The first-order valence-corrected chi connectivity index (χ1v) is 7.43. The lowest BCUT2D eigenvalue weighted by molar-refractivity contribution is 0.122. The predicted molar refractivity (Wildman–Crippen MR) is 89.3 cm³/mol. The molecule has 0 aliphatic carbocycles. The van der Waals surface area contributed by atoms with E-state index in [9.17, 15) is 0 Å². The third kappa shape index (κ3) is 3.95. The number of ether oxygens (including phenoxy) is 2. The van der Waals surface area contributed by atoms with Gasteiger partial charge in [-0.05, 0) is 12.1 Å². The molecule has 2 aromatic rings. The zero-order valence-electron chi connectivity index (χ0n) is 13.0. The zero-order valence-corrected chi connectivity index (χ0v) is 13.0. The van der Waals surface area contributed by atoms with Gasteiger partial charge in [-0.2, -0.15) is 5.10 Å². The number of hydrogen-bond donors (Lipinski definition) is 1. The Balaban J connectivity index is 1.67. The Morgan fingerprint density at radius 2 is 2.09 bits per heavy atom. The van der Waals surface area contributed by atoms with Crippen LogP contribution in [0.1, 0.15) is 5.56 Å². The molecule has 1 saturated heterocycles. The zero-order chi connectivity index (χ0) is 15.9. The first-order chi connectivity index (χ1) is 11.4. The van der Waals surface area contributed by atoms with Crippen LogP contribution in [0.4, 0.5) is 11.6 Å². The van der Waals surface area contributed by atoms with Crippen LogP contribution in [-0.4, -0.2) is 49.6 Å². The van der Waals surface area contributed by atoms with Crippen molar-refractivity contribution in [2.75, 3.05) is 43.7 Å². The molecule has 0 bridgehead atoms. The molecule has 2 heterocycles. The van der Waals surface area contributed by atoms with Crippen molar-refractivity contribution in [2.45, 2.75) is 0 Å². The Labute approximate surface area is 135 Å². The smallest absolute Gasteiger partial charge is 0.151 e. The van der Waals surface area contributed by atoms with Gasteiger partial charge in [-0.1, -0.05) is 12.1 Å². The van der Waals surface area contributed by atoms with Crippen molar-refractivity contribution >= 4 is 17.9 Å². The highest BCUT2D eigenvalue weighted by molar-refractivity contribution is 5.83. The molecule has 3 rings (SSSR count). The van der Waals surface area contributed by atoms with Crippen LogP contribution in [0, 0.1) is 0 Å². The number of anilines is 2. The molecule has 0 saturated carbocycles. The second kappa shape index (κ2) is 7.55. The summed E-state index contributed by atoms with van der Waals surface area (Å²) in [4.78, 5) is 10.7. The van der Waals surface area contributed by atoms with Gasteiger partial charge < -0.3 is 14.4 Å². The first-order valence-electron chi connectivity index (χ1n) is 7.43. The molecule has 1 aliphatic heterocycles. The van der Waals surface area contributed by atoms with E-state index in [1.807, 2.05) is 30.3 Å². The normalized spacial score (nSPS) is 14.9. The molecule has 1 N–H and O–H groups in total. The maximum Gasteiger partial charge on any atom is 0.151 e. The number of para-hydroxylation sites is 1. The van der Waals surface area contributed by atoms with Gasteiger partial charge >= 0.3 is 0 Å². The summed E-state index contributed by atoms with van der Waals surface area (Å²) in [6.45, 7) is 3.11. The third-order valence-corrected chi connectivity index (χ3v) is 3.51. The summed E-state index contributed by atoms with van der Waals surface area (Å²) in [5, 5.41) is 4.22. The molecular weight excluding hydrogens is 294 g/mol. The number of benzene rings is 1. The highest BCUT2D eigenvalue weighted by Gasteiger charge is 2.12. The summed E-state index contributed by atoms with van der Waals surface area (Å²) >= 11 is 0. The van der Waals surface area contributed by atoms with Gasteiger partial charge in [-0.15, -0.1) is 0 Å². The van der Waals surface area contributed by atoms with Crippen LogP contribution in [0.25, 0.3) is 0 Å². The van der Waals surface area contributed by atoms with Crippen LogP contribution in [0.3, 0.4) is 0 Å². The van der Waals surface area contributed by atoms with Crippen molar-refractivity contribution in [3.8, 4) is 5.75 Å². The highest BCUT2D eigenvalue weighted by atomic mass is 16.5. The molecule has 1 fully saturated rings. The third-order valence-electron chi connectivity index (χ3n) is 3.51. The SMILES string of the molecule is COc1ccccc1C=NNc1cc(N2CCOCC2)ncn1. The van der Waals surface area contributed by atoms with Crippen molar-refractivity contribution in [3.05, 3.63) is 42.2 Å². The molecule has 0 amide bonds. The van der Waals surface area contributed by atoms with E-state index in [0.717, 1.165) is 43.4 Å². The van der Waals surface area contributed by atoms with Gasteiger partial charge in [0.25, 0.3) is 0 Å². The molecule has 0 radical (unpaired) electrons. The van der Waals surface area contributed by atoms with Crippen molar-refractivity contribution in [1.82, 2.24) is 9.97 Å². The summed E-state index contributed by atoms with van der Waals surface area (Å²) in [7, 11) is 1.64. The lowest BCUT2D eigenvalue weighted by Gasteiger charge is -2.27. The van der Waals surface area contributed by atoms with Crippen molar-refractivity contribution < 1.29 is 9.47 Å². The van der Waals surface area contributed by atoms with Gasteiger partial charge in [0.2, 0.25) is 0 Å². The number of nitrogens with zero attached hydrogens (tertiary/aromatic N) is 4. The lowest BCUT2D eigenvalue weighted by atomic mass is 10.2. The summed E-state index contributed by atoms with van der Waals surface area (Å²) in [6, 6.07) is 9.56. The minimum Gasteiger partial charge on any atom is -0.496 e. The highest BCUT2D eigenvalue weighted by Crippen LogP contribution is 2.16. The number of nitrogens with one attached hydrogen (secondary N) is 1. The maximum absolute atomic E-state index is 5.35. The van der Waals surface area contributed by atoms with Crippen LogP contribution in [0.15, 0.2) is 41.8 Å². The Hall–Kier alpha value is -2.67. The second-order valence-electron chi connectivity index (χ2n) is 4.97. The van der Waals surface area contributed by atoms with Crippen LogP contribution >= 0.6 is 0 Å². The number of rotatable bonds is 5. The fourth-order valence-electron chi connectivity index (χ4n) is 2.31. The first kappa shape index (κ1) is 15.2. The van der Waals surface area contributed by atoms with Crippen LogP contribution in [-0.2, 0) is 4.74 Å². The topological polar surface area (TPSA) is 71.9 Å². The fraction of sp³-hybridized carbons (Fsp3) is 0.312. The summed E-state index contributed by atoms with van der Waals surface area (Å²) < 4.78 is 10.6. The Morgan fingerprint density at radius 1 is 1.26 bits per heavy atom. The molecule has 1 aromatic carbocycles. The minimum absolute atomic E-state index is 0.646. The quantitative estimate of drug-likeness (QED) is 0.670. The Morgan fingerprint density at radius 3 is 2.91 bits per heavy atom. The lowest BCUT2D eigenvalue weighted by Crippen LogP contribution is -2.36. The maximum atomic E-state index is 5.35. The minimum atomic E-state index is 0.646. The van der Waals surface area contributed by atoms with Gasteiger partial charge in [-0.25, -0.2) is 9.97 Å². The van der Waals surface area contributed by atoms with Gasteiger partial charge in [-0.3, -0.25) is 5.43 Å². The standard InChI is InChI=1S/C16H19N5O2/c1-22-14-5-3-2-4-13(14)11-19-20-15-10-16(18-12-17-15)21-6-8-23-9-7-21/h2-5,10-12H,6-9H2,1H3,(H,17,18,20). The summed E-state index contributed by atoms with van der Waals surface area (Å²) in [5.41, 5.74) is 3.82. The van der Waals surface area contributed by atoms with E-state index in [-0.39, 0.29) is 0 Å². The molecule has 1 aromatic heterocycles. The summed E-state index contributed by atoms with van der Waals surface area (Å²) in [6.07, 6.45) is 3.24. The molecule has 7 nitrogen and oxygen atoms in total. The second-order valence-corrected chi connectivity index (χ2v) is 4.97. The Bertz CT molecular complexity index is 671. The van der Waals surface area contributed by atoms with Crippen LogP contribution < -0.4 is 15.1 Å². The number of morpholine rings is 1. The number of aromatic nitrogens is 2. The largest absolute Gasteiger partial charge is 0.496 e. The van der Waals surface area contributed by atoms with Gasteiger partial charge in [0, 0.05) is 24.7 Å². The average Bonchev–Trinajstić information content (AvgIpc) is 2.63. The molecule has 7 heteroatoms. The van der Waals surface area contributed by atoms with Crippen molar-refractivity contribution in [3.63, 3.8) is 0 Å². The van der Waals surface area contributed by atoms with E-state index in [2.05, 4.69) is 25.4 Å².